The zero-order chi connectivity index (χ0) is 21.0. The number of anilines is 2. The minimum Gasteiger partial charge on any atom is -0.455 e. The Balaban J connectivity index is 1.72. The summed E-state index contributed by atoms with van der Waals surface area (Å²) in [6.07, 6.45) is 0. The average molecular weight is 412 g/mol. The lowest BCUT2D eigenvalue weighted by molar-refractivity contribution is -0.114. The van der Waals surface area contributed by atoms with Crippen molar-refractivity contribution in [2.24, 2.45) is 0 Å². The molecular weight excluding hydrogens is 392 g/mol. The molecule has 8 heteroatoms. The van der Waals surface area contributed by atoms with Gasteiger partial charge < -0.3 is 15.1 Å². The van der Waals surface area contributed by atoms with E-state index in [1.54, 1.807) is 36.4 Å². The molecule has 2 N–H and O–H groups in total. The quantitative estimate of drug-likeness (QED) is 0.641. The Bertz CT molecular complexity index is 1150. The maximum Gasteiger partial charge on any atom is 0.291 e. The number of carbonyl (C=O) groups is 2. The molecule has 0 saturated heterocycles. The van der Waals surface area contributed by atoms with Gasteiger partial charge in [0.25, 0.3) is 5.91 Å². The highest BCUT2D eigenvalue weighted by Gasteiger charge is 2.19. The van der Waals surface area contributed by atoms with Gasteiger partial charge in [-0.25, -0.2) is 8.42 Å². The fourth-order valence-corrected chi connectivity index (χ4v) is 3.96. The Morgan fingerprint density at radius 2 is 1.69 bits per heavy atom. The molecule has 0 aliphatic heterocycles. The molecule has 150 valence electrons. The van der Waals surface area contributed by atoms with Crippen LogP contribution in [-0.2, 0) is 20.4 Å². The van der Waals surface area contributed by atoms with Crippen molar-refractivity contribution >= 4 is 33.0 Å². The lowest BCUT2D eigenvalue weighted by Crippen LogP contribution is -2.12. The SMILES string of the molecule is CC(=O)Nc1cc(NC(=O)c2ccc(CS(=O)(=O)c3ccccc3)o2)ccc1C. The molecule has 2 amide bonds. The van der Waals surface area contributed by atoms with Crippen molar-refractivity contribution in [2.75, 3.05) is 10.6 Å². The van der Waals surface area contributed by atoms with Gasteiger partial charge >= 0.3 is 0 Å². The molecule has 29 heavy (non-hydrogen) atoms. The third-order valence-corrected chi connectivity index (χ3v) is 5.78. The molecule has 0 radical (unpaired) electrons. The number of benzene rings is 2. The van der Waals surface area contributed by atoms with Crippen molar-refractivity contribution in [3.63, 3.8) is 0 Å². The molecule has 3 aromatic rings. The molecule has 0 aliphatic rings. The van der Waals surface area contributed by atoms with Gasteiger partial charge in [-0.15, -0.1) is 0 Å². The molecule has 2 aromatic carbocycles. The van der Waals surface area contributed by atoms with Crippen LogP contribution in [-0.4, -0.2) is 20.2 Å². The first-order chi connectivity index (χ1) is 13.7. The first-order valence-electron chi connectivity index (χ1n) is 8.81. The number of rotatable bonds is 6. The molecule has 0 spiro atoms. The van der Waals surface area contributed by atoms with E-state index >= 15 is 0 Å². The van der Waals surface area contributed by atoms with E-state index in [9.17, 15) is 18.0 Å². The fraction of sp³-hybridized carbons (Fsp3) is 0.143. The number of aryl methyl sites for hydroxylation is 1. The summed E-state index contributed by atoms with van der Waals surface area (Å²) >= 11 is 0. The second kappa shape index (κ2) is 8.32. The zero-order valence-corrected chi connectivity index (χ0v) is 16.7. The predicted molar refractivity (Wildman–Crippen MR) is 109 cm³/mol. The van der Waals surface area contributed by atoms with Crippen molar-refractivity contribution < 1.29 is 22.4 Å². The average Bonchev–Trinajstić information content (AvgIpc) is 3.13. The summed E-state index contributed by atoms with van der Waals surface area (Å²) in [5.41, 5.74) is 1.91. The van der Waals surface area contributed by atoms with Crippen LogP contribution in [0.4, 0.5) is 11.4 Å². The van der Waals surface area contributed by atoms with Gasteiger partial charge in [-0.3, -0.25) is 9.59 Å². The van der Waals surface area contributed by atoms with Gasteiger partial charge in [0.15, 0.2) is 15.6 Å². The fourth-order valence-electron chi connectivity index (χ4n) is 2.69. The molecule has 0 fully saturated rings. The van der Waals surface area contributed by atoms with Crippen molar-refractivity contribution in [1.82, 2.24) is 0 Å². The number of nitrogens with one attached hydrogen (secondary N) is 2. The lowest BCUT2D eigenvalue weighted by atomic mass is 10.1. The van der Waals surface area contributed by atoms with E-state index in [1.165, 1.54) is 31.2 Å². The van der Waals surface area contributed by atoms with Crippen LogP contribution in [0.1, 0.15) is 28.8 Å². The topological polar surface area (TPSA) is 105 Å². The van der Waals surface area contributed by atoms with Gasteiger partial charge in [0, 0.05) is 18.3 Å². The Morgan fingerprint density at radius 1 is 0.966 bits per heavy atom. The van der Waals surface area contributed by atoms with Crippen molar-refractivity contribution in [1.29, 1.82) is 0 Å². The molecule has 0 atom stereocenters. The number of hydrogen-bond donors (Lipinski definition) is 2. The van der Waals surface area contributed by atoms with Crippen molar-refractivity contribution in [3.05, 3.63) is 77.7 Å². The zero-order valence-electron chi connectivity index (χ0n) is 15.9. The van der Waals surface area contributed by atoms with Crippen LogP contribution in [0.2, 0.25) is 0 Å². The van der Waals surface area contributed by atoms with Crippen molar-refractivity contribution in [3.8, 4) is 0 Å². The Kier molecular flexibility index (Phi) is 5.84. The Hall–Kier alpha value is -3.39. The van der Waals surface area contributed by atoms with E-state index in [-0.39, 0.29) is 28.1 Å². The molecule has 0 saturated carbocycles. The van der Waals surface area contributed by atoms with Crippen LogP contribution >= 0.6 is 0 Å². The summed E-state index contributed by atoms with van der Waals surface area (Å²) in [7, 11) is -3.57. The first kappa shape index (κ1) is 20.3. The summed E-state index contributed by atoms with van der Waals surface area (Å²) in [5, 5.41) is 5.37. The minimum absolute atomic E-state index is 0.00934. The standard InChI is InChI=1S/C21H20N2O5S/c1-14-8-9-16(12-19(14)22-15(2)24)23-21(25)20-11-10-17(28-20)13-29(26,27)18-6-4-3-5-7-18/h3-12H,13H2,1-2H3,(H,22,24)(H,23,25). The third-order valence-electron chi connectivity index (χ3n) is 4.13. The van der Waals surface area contributed by atoms with E-state index in [2.05, 4.69) is 10.6 Å². The van der Waals surface area contributed by atoms with E-state index in [4.69, 9.17) is 4.42 Å². The number of amides is 2. The summed E-state index contributed by atoms with van der Waals surface area (Å²) in [4.78, 5) is 23.9. The number of carbonyl (C=O) groups excluding carboxylic acids is 2. The van der Waals surface area contributed by atoms with Crippen LogP contribution < -0.4 is 10.6 Å². The first-order valence-corrected chi connectivity index (χ1v) is 10.5. The second-order valence-electron chi connectivity index (χ2n) is 6.50. The molecule has 1 aromatic heterocycles. The van der Waals surface area contributed by atoms with Crippen LogP contribution in [0.25, 0.3) is 0 Å². The highest BCUT2D eigenvalue weighted by molar-refractivity contribution is 7.90. The monoisotopic (exact) mass is 412 g/mol. The van der Waals surface area contributed by atoms with E-state index in [0.29, 0.717) is 11.4 Å². The Labute approximate surface area is 168 Å². The summed E-state index contributed by atoms with van der Waals surface area (Å²) in [6.45, 7) is 3.24. The summed E-state index contributed by atoms with van der Waals surface area (Å²) in [5.74, 6) is -0.925. The van der Waals surface area contributed by atoms with E-state index in [1.807, 2.05) is 6.92 Å². The summed E-state index contributed by atoms with van der Waals surface area (Å²) < 4.78 is 30.3. The Morgan fingerprint density at radius 3 is 2.38 bits per heavy atom. The highest BCUT2D eigenvalue weighted by Crippen LogP contribution is 2.22. The number of hydrogen-bond acceptors (Lipinski definition) is 5. The van der Waals surface area contributed by atoms with Crippen molar-refractivity contribution in [2.45, 2.75) is 24.5 Å². The largest absolute Gasteiger partial charge is 0.455 e. The normalized spacial score (nSPS) is 11.1. The molecule has 0 aliphatic carbocycles. The van der Waals surface area contributed by atoms with Crippen LogP contribution in [0.15, 0.2) is 70.0 Å². The molecular formula is C21H20N2O5S. The highest BCUT2D eigenvalue weighted by atomic mass is 32.2. The van der Waals surface area contributed by atoms with Gasteiger partial charge in [-0.1, -0.05) is 24.3 Å². The smallest absolute Gasteiger partial charge is 0.291 e. The van der Waals surface area contributed by atoms with E-state index in [0.717, 1.165) is 5.56 Å². The van der Waals surface area contributed by atoms with Gasteiger partial charge in [0.2, 0.25) is 5.91 Å². The molecule has 7 nitrogen and oxygen atoms in total. The van der Waals surface area contributed by atoms with Crippen LogP contribution in [0.5, 0.6) is 0 Å². The van der Waals surface area contributed by atoms with Gasteiger partial charge in [0.1, 0.15) is 11.5 Å². The molecule has 3 rings (SSSR count). The van der Waals surface area contributed by atoms with Gasteiger partial charge in [-0.05, 0) is 48.9 Å². The minimum atomic E-state index is -3.57. The molecule has 0 bridgehead atoms. The maximum absolute atomic E-state index is 12.4. The molecule has 1 heterocycles. The maximum atomic E-state index is 12.4. The molecule has 0 unspecified atom stereocenters. The second-order valence-corrected chi connectivity index (χ2v) is 8.49. The van der Waals surface area contributed by atoms with Crippen LogP contribution in [0, 0.1) is 6.92 Å². The van der Waals surface area contributed by atoms with Gasteiger partial charge in [0.05, 0.1) is 4.90 Å². The van der Waals surface area contributed by atoms with Crippen LogP contribution in [0.3, 0.4) is 0 Å². The third kappa shape index (κ3) is 5.11. The van der Waals surface area contributed by atoms with E-state index < -0.39 is 15.7 Å². The number of furan rings is 1. The van der Waals surface area contributed by atoms with Gasteiger partial charge in [-0.2, -0.15) is 0 Å². The lowest BCUT2D eigenvalue weighted by Gasteiger charge is -2.10. The predicted octanol–water partition coefficient (Wildman–Crippen LogP) is 3.77. The summed E-state index contributed by atoms with van der Waals surface area (Å²) in [6, 6.07) is 16.0. The number of sulfone groups is 1.